The number of anilines is 1. The molecule has 3 heterocycles. The molecule has 4 aromatic rings. The highest BCUT2D eigenvalue weighted by Crippen LogP contribution is 2.27. The zero-order chi connectivity index (χ0) is 20.4. The van der Waals surface area contributed by atoms with Gasteiger partial charge in [-0.15, -0.1) is 27.8 Å². The molecule has 1 aromatic carbocycles. The average molecular weight is 434 g/mol. The maximum Gasteiger partial charge on any atom is 0.437 e. The maximum atomic E-state index is 13.8. The smallest absolute Gasteiger partial charge is 0.387 e. The number of nitrogens with zero attached hydrogens (tertiary/aromatic N) is 3. The number of rotatable bonds is 6. The van der Waals surface area contributed by atoms with Crippen LogP contribution in [-0.4, -0.2) is 20.7 Å². The van der Waals surface area contributed by atoms with Gasteiger partial charge in [0.1, 0.15) is 11.6 Å². The molecule has 0 aliphatic rings. The summed E-state index contributed by atoms with van der Waals surface area (Å²) in [5.74, 6) is -2.05. The van der Waals surface area contributed by atoms with Crippen LogP contribution in [0.4, 0.5) is 13.9 Å². The molecule has 3 aromatic heterocycles. The lowest BCUT2D eigenvalue weighted by molar-refractivity contribution is -0.116. The summed E-state index contributed by atoms with van der Waals surface area (Å²) in [6, 6.07) is 6.66. The van der Waals surface area contributed by atoms with Crippen LogP contribution in [0.3, 0.4) is 0 Å². The molecule has 1 amide bonds. The number of hydrogen-bond acceptors (Lipinski definition) is 7. The van der Waals surface area contributed by atoms with E-state index in [-0.39, 0.29) is 35.2 Å². The first kappa shape index (κ1) is 19.2. The van der Waals surface area contributed by atoms with Gasteiger partial charge in [0.05, 0.1) is 17.1 Å². The first-order valence-corrected chi connectivity index (χ1v) is 10.1. The van der Waals surface area contributed by atoms with Crippen molar-refractivity contribution in [1.82, 2.24) is 14.8 Å². The van der Waals surface area contributed by atoms with Crippen LogP contribution in [0.2, 0.25) is 0 Å². The molecule has 148 valence electrons. The minimum atomic E-state index is -0.653. The Balaban J connectivity index is 1.39. The quantitative estimate of drug-likeness (QED) is 0.496. The SMILES string of the molecule is O=C(CCn1nc(-c2cccs2)oc1=O)Nc1nc(-c2cc(F)ccc2F)cs1. The van der Waals surface area contributed by atoms with Crippen LogP contribution in [-0.2, 0) is 11.3 Å². The molecule has 0 spiro atoms. The van der Waals surface area contributed by atoms with Crippen molar-refractivity contribution < 1.29 is 18.0 Å². The number of carbonyl (C=O) groups is 1. The second-order valence-electron chi connectivity index (χ2n) is 5.83. The van der Waals surface area contributed by atoms with E-state index in [9.17, 15) is 18.4 Å². The van der Waals surface area contributed by atoms with Gasteiger partial charge in [0, 0.05) is 17.4 Å². The Labute approximate surface area is 170 Å². The number of aromatic nitrogens is 3. The third-order valence-electron chi connectivity index (χ3n) is 3.84. The number of amides is 1. The van der Waals surface area contributed by atoms with Crippen molar-refractivity contribution in [3.63, 3.8) is 0 Å². The van der Waals surface area contributed by atoms with E-state index in [4.69, 9.17) is 4.42 Å². The lowest BCUT2D eigenvalue weighted by atomic mass is 10.1. The summed E-state index contributed by atoms with van der Waals surface area (Å²) in [5, 5.41) is 10.2. The Morgan fingerprint density at radius 1 is 1.24 bits per heavy atom. The highest BCUT2D eigenvalue weighted by molar-refractivity contribution is 7.14. The summed E-state index contributed by atoms with van der Waals surface area (Å²) in [5.41, 5.74) is 0.229. The van der Waals surface area contributed by atoms with Crippen molar-refractivity contribution in [3.05, 3.63) is 63.3 Å². The molecule has 0 saturated carbocycles. The highest BCUT2D eigenvalue weighted by Gasteiger charge is 2.14. The molecule has 0 radical (unpaired) electrons. The van der Waals surface area contributed by atoms with E-state index in [1.54, 1.807) is 6.07 Å². The molecule has 0 fully saturated rings. The molecule has 0 aliphatic carbocycles. The molecule has 7 nitrogen and oxygen atoms in total. The number of nitrogens with one attached hydrogen (secondary N) is 1. The molecule has 29 heavy (non-hydrogen) atoms. The molecule has 0 bridgehead atoms. The molecule has 1 N–H and O–H groups in total. The summed E-state index contributed by atoms with van der Waals surface area (Å²) >= 11 is 2.46. The van der Waals surface area contributed by atoms with Gasteiger partial charge in [0.25, 0.3) is 5.89 Å². The Bertz CT molecular complexity index is 1210. The summed E-state index contributed by atoms with van der Waals surface area (Å²) < 4.78 is 33.3. The molecule has 0 unspecified atom stereocenters. The summed E-state index contributed by atoms with van der Waals surface area (Å²) in [7, 11) is 0. The standard InChI is InChI=1S/C18H12F2N4O3S2/c19-10-3-4-12(20)11(8-10)13-9-29-17(21-13)22-15(25)5-6-24-18(26)27-16(23-24)14-2-1-7-28-14/h1-4,7-9H,5-6H2,(H,21,22,25). The molecule has 4 rings (SSSR count). The van der Waals surface area contributed by atoms with Crippen molar-refractivity contribution in [3.8, 4) is 22.0 Å². The molecular formula is C18H12F2N4O3S2. The van der Waals surface area contributed by atoms with E-state index in [1.807, 2.05) is 11.4 Å². The highest BCUT2D eigenvalue weighted by atomic mass is 32.1. The topological polar surface area (TPSA) is 90.0 Å². The van der Waals surface area contributed by atoms with Gasteiger partial charge in [-0.05, 0) is 29.6 Å². The minimum Gasteiger partial charge on any atom is -0.387 e. The lowest BCUT2D eigenvalue weighted by Gasteiger charge is -2.01. The van der Waals surface area contributed by atoms with Gasteiger partial charge in [-0.3, -0.25) is 4.79 Å². The summed E-state index contributed by atoms with van der Waals surface area (Å²) in [6.07, 6.45) is -0.0421. The largest absolute Gasteiger partial charge is 0.437 e. The van der Waals surface area contributed by atoms with Gasteiger partial charge >= 0.3 is 5.76 Å². The van der Waals surface area contributed by atoms with Crippen molar-refractivity contribution in [2.24, 2.45) is 0 Å². The lowest BCUT2D eigenvalue weighted by Crippen LogP contribution is -2.20. The zero-order valence-electron chi connectivity index (χ0n) is 14.6. The maximum absolute atomic E-state index is 13.8. The number of aryl methyl sites for hydroxylation is 1. The zero-order valence-corrected chi connectivity index (χ0v) is 16.2. The molecule has 0 atom stereocenters. The Hall–Kier alpha value is -3.18. The van der Waals surface area contributed by atoms with E-state index in [0.29, 0.717) is 4.88 Å². The van der Waals surface area contributed by atoms with Gasteiger partial charge in [-0.25, -0.2) is 18.6 Å². The van der Waals surface area contributed by atoms with Crippen LogP contribution in [0.5, 0.6) is 0 Å². The van der Waals surface area contributed by atoms with Crippen molar-refractivity contribution in [2.75, 3.05) is 5.32 Å². The number of hydrogen-bond donors (Lipinski definition) is 1. The number of carbonyl (C=O) groups excluding carboxylic acids is 1. The van der Waals surface area contributed by atoms with Crippen LogP contribution in [0, 0.1) is 11.6 Å². The predicted molar refractivity (Wildman–Crippen MR) is 105 cm³/mol. The summed E-state index contributed by atoms with van der Waals surface area (Å²) in [6.45, 7) is 0.0241. The summed E-state index contributed by atoms with van der Waals surface area (Å²) in [4.78, 5) is 28.8. The van der Waals surface area contributed by atoms with Crippen molar-refractivity contribution >= 4 is 33.7 Å². The minimum absolute atomic E-state index is 0.0111. The number of halogens is 2. The first-order valence-electron chi connectivity index (χ1n) is 8.32. The third kappa shape index (κ3) is 4.30. The second kappa shape index (κ2) is 8.05. The fraction of sp³-hybridized carbons (Fsp3) is 0.111. The van der Waals surface area contributed by atoms with Gasteiger partial charge in [0.15, 0.2) is 5.13 Å². The first-order chi connectivity index (χ1) is 14.0. The van der Waals surface area contributed by atoms with E-state index in [0.717, 1.165) is 34.2 Å². The van der Waals surface area contributed by atoms with Crippen LogP contribution in [0.1, 0.15) is 6.42 Å². The van der Waals surface area contributed by atoms with Crippen molar-refractivity contribution in [2.45, 2.75) is 13.0 Å². The average Bonchev–Trinajstić information content (AvgIpc) is 3.43. The third-order valence-corrected chi connectivity index (χ3v) is 5.46. The van der Waals surface area contributed by atoms with Crippen molar-refractivity contribution in [1.29, 1.82) is 0 Å². The van der Waals surface area contributed by atoms with Crippen LogP contribution < -0.4 is 11.1 Å². The van der Waals surface area contributed by atoms with Gasteiger partial charge in [0.2, 0.25) is 5.91 Å². The van der Waals surface area contributed by atoms with Gasteiger partial charge in [-0.2, -0.15) is 4.68 Å². The molecular weight excluding hydrogens is 422 g/mol. The van der Waals surface area contributed by atoms with Crippen LogP contribution in [0.25, 0.3) is 22.0 Å². The Kier molecular flexibility index (Phi) is 5.32. The van der Waals surface area contributed by atoms with E-state index >= 15 is 0 Å². The second-order valence-corrected chi connectivity index (χ2v) is 7.64. The fourth-order valence-electron chi connectivity index (χ4n) is 2.49. The van der Waals surface area contributed by atoms with E-state index < -0.39 is 23.3 Å². The number of thiazole rings is 1. The molecule has 0 aliphatic heterocycles. The number of thiophene rings is 1. The van der Waals surface area contributed by atoms with Crippen LogP contribution in [0.15, 0.2) is 50.3 Å². The predicted octanol–water partition coefficient (Wildman–Crippen LogP) is 4.00. The van der Waals surface area contributed by atoms with E-state index in [2.05, 4.69) is 15.4 Å². The Morgan fingerprint density at radius 3 is 2.90 bits per heavy atom. The fourth-order valence-corrected chi connectivity index (χ4v) is 3.86. The van der Waals surface area contributed by atoms with E-state index in [1.165, 1.54) is 16.7 Å². The van der Waals surface area contributed by atoms with Gasteiger partial charge in [-0.1, -0.05) is 6.07 Å². The normalized spacial score (nSPS) is 11.0. The molecule has 11 heteroatoms. The monoisotopic (exact) mass is 434 g/mol. The Morgan fingerprint density at radius 2 is 2.10 bits per heavy atom. The van der Waals surface area contributed by atoms with Gasteiger partial charge < -0.3 is 9.73 Å². The number of benzene rings is 1. The molecule has 0 saturated heterocycles. The van der Waals surface area contributed by atoms with Crippen LogP contribution >= 0.6 is 22.7 Å².